The predicted molar refractivity (Wildman–Crippen MR) is 71.3 cm³/mol. The summed E-state index contributed by atoms with van der Waals surface area (Å²) in [6.07, 6.45) is 1.40. The van der Waals surface area contributed by atoms with Crippen molar-refractivity contribution in [3.63, 3.8) is 0 Å². The largest absolute Gasteiger partial charge is 0.504 e. The van der Waals surface area contributed by atoms with E-state index in [2.05, 4.69) is 10.3 Å². The number of amides is 1. The maximum atomic E-state index is 11.9. The average molecular weight is 259 g/mol. The molecule has 0 spiro atoms. The van der Waals surface area contributed by atoms with Gasteiger partial charge in [-0.15, -0.1) is 0 Å². The highest BCUT2D eigenvalue weighted by Crippen LogP contribution is 2.28. The molecule has 0 aliphatic heterocycles. The highest BCUT2D eigenvalue weighted by molar-refractivity contribution is 6.03. The molecule has 0 radical (unpaired) electrons. The van der Waals surface area contributed by atoms with Crippen LogP contribution < -0.4 is 15.8 Å². The van der Waals surface area contributed by atoms with E-state index in [0.29, 0.717) is 17.1 Å². The first-order valence-electron chi connectivity index (χ1n) is 5.50. The highest BCUT2D eigenvalue weighted by atomic mass is 16.5. The van der Waals surface area contributed by atoms with Gasteiger partial charge in [0.15, 0.2) is 11.5 Å². The lowest BCUT2D eigenvalue weighted by Crippen LogP contribution is -2.13. The van der Waals surface area contributed by atoms with E-state index in [0.717, 1.165) is 0 Å². The molecule has 6 heteroatoms. The van der Waals surface area contributed by atoms with Crippen LogP contribution in [-0.4, -0.2) is 23.1 Å². The van der Waals surface area contributed by atoms with Gasteiger partial charge in [-0.05, 0) is 24.3 Å². The van der Waals surface area contributed by atoms with Gasteiger partial charge in [0, 0.05) is 11.8 Å². The number of carbonyl (C=O) groups is 1. The molecule has 0 bridgehead atoms. The van der Waals surface area contributed by atoms with Crippen molar-refractivity contribution in [2.45, 2.75) is 0 Å². The van der Waals surface area contributed by atoms with Crippen LogP contribution in [0, 0.1) is 0 Å². The van der Waals surface area contributed by atoms with Gasteiger partial charge in [0.05, 0.1) is 19.0 Å². The molecule has 6 nitrogen and oxygen atoms in total. The van der Waals surface area contributed by atoms with Crippen molar-refractivity contribution >= 4 is 17.3 Å². The van der Waals surface area contributed by atoms with Gasteiger partial charge in [-0.3, -0.25) is 4.79 Å². The first-order valence-corrected chi connectivity index (χ1v) is 5.50. The number of ether oxygens (including phenoxy) is 1. The number of carbonyl (C=O) groups excluding carboxylic acids is 1. The molecule has 19 heavy (non-hydrogen) atoms. The number of hydrogen-bond donors (Lipinski definition) is 3. The third-order valence-electron chi connectivity index (χ3n) is 2.46. The normalized spacial score (nSPS) is 9.95. The van der Waals surface area contributed by atoms with Crippen LogP contribution in [0.1, 0.15) is 10.5 Å². The smallest absolute Gasteiger partial charge is 0.274 e. The maximum Gasteiger partial charge on any atom is 0.274 e. The van der Waals surface area contributed by atoms with E-state index in [9.17, 15) is 9.90 Å². The molecular formula is C13H13N3O3. The molecule has 1 heterocycles. The minimum absolute atomic E-state index is 0.0504. The number of anilines is 2. The summed E-state index contributed by atoms with van der Waals surface area (Å²) in [5.41, 5.74) is 6.66. The van der Waals surface area contributed by atoms with Crippen LogP contribution in [0.4, 0.5) is 11.4 Å². The summed E-state index contributed by atoms with van der Waals surface area (Å²) in [4.78, 5) is 15.8. The molecule has 0 saturated heterocycles. The van der Waals surface area contributed by atoms with E-state index in [4.69, 9.17) is 10.5 Å². The van der Waals surface area contributed by atoms with E-state index >= 15 is 0 Å². The number of phenols is 1. The summed E-state index contributed by atoms with van der Waals surface area (Å²) in [6, 6.07) is 7.69. The van der Waals surface area contributed by atoms with Crippen molar-refractivity contribution in [1.29, 1.82) is 0 Å². The number of rotatable bonds is 3. The standard InChI is InChI=1S/C13H13N3O3/c1-19-12-5-3-9(6-11(12)17)16-13(18)10-4-2-8(14)7-15-10/h2-7,17H,14H2,1H3,(H,16,18). The second kappa shape index (κ2) is 5.26. The van der Waals surface area contributed by atoms with Crippen LogP contribution in [0.25, 0.3) is 0 Å². The number of benzene rings is 1. The molecule has 0 aliphatic carbocycles. The zero-order valence-electron chi connectivity index (χ0n) is 10.3. The zero-order chi connectivity index (χ0) is 13.8. The molecule has 1 aromatic heterocycles. The average Bonchev–Trinajstić information content (AvgIpc) is 2.39. The molecule has 0 aliphatic rings. The number of nitrogens with zero attached hydrogens (tertiary/aromatic N) is 1. The van der Waals surface area contributed by atoms with Gasteiger partial charge in [-0.2, -0.15) is 0 Å². The summed E-state index contributed by atoms with van der Waals surface area (Å²) < 4.78 is 4.91. The Kier molecular flexibility index (Phi) is 3.51. The molecule has 98 valence electrons. The fourth-order valence-corrected chi connectivity index (χ4v) is 1.50. The minimum atomic E-state index is -0.385. The molecule has 0 unspecified atom stereocenters. The second-order valence-corrected chi connectivity index (χ2v) is 3.82. The van der Waals surface area contributed by atoms with Crippen molar-refractivity contribution in [2.24, 2.45) is 0 Å². The predicted octanol–water partition coefficient (Wildman–Crippen LogP) is 1.63. The van der Waals surface area contributed by atoms with Crippen molar-refractivity contribution in [3.05, 3.63) is 42.2 Å². The summed E-state index contributed by atoms with van der Waals surface area (Å²) >= 11 is 0. The van der Waals surface area contributed by atoms with E-state index in [1.165, 1.54) is 25.4 Å². The minimum Gasteiger partial charge on any atom is -0.504 e. The van der Waals surface area contributed by atoms with Crippen LogP contribution in [-0.2, 0) is 0 Å². The Labute approximate surface area is 109 Å². The monoisotopic (exact) mass is 259 g/mol. The number of hydrogen-bond acceptors (Lipinski definition) is 5. The molecular weight excluding hydrogens is 246 g/mol. The van der Waals surface area contributed by atoms with Crippen LogP contribution >= 0.6 is 0 Å². The van der Waals surface area contributed by atoms with E-state index in [1.54, 1.807) is 18.2 Å². The van der Waals surface area contributed by atoms with Crippen LogP contribution in [0.15, 0.2) is 36.5 Å². The third-order valence-corrected chi connectivity index (χ3v) is 2.46. The molecule has 0 saturated carbocycles. The Balaban J connectivity index is 2.14. The first kappa shape index (κ1) is 12.7. The third kappa shape index (κ3) is 2.92. The summed E-state index contributed by atoms with van der Waals surface area (Å²) in [5, 5.41) is 12.2. The van der Waals surface area contributed by atoms with Crippen LogP contribution in [0.3, 0.4) is 0 Å². The molecule has 1 aromatic carbocycles. The number of phenolic OH excluding ortho intramolecular Hbond substituents is 1. The van der Waals surface area contributed by atoms with Gasteiger partial charge in [0.25, 0.3) is 5.91 Å². The Bertz CT molecular complexity index is 597. The number of aromatic hydroxyl groups is 1. The molecule has 0 atom stereocenters. The van der Waals surface area contributed by atoms with Crippen molar-refractivity contribution in [2.75, 3.05) is 18.2 Å². The highest BCUT2D eigenvalue weighted by Gasteiger charge is 2.09. The van der Waals surface area contributed by atoms with Gasteiger partial charge >= 0.3 is 0 Å². The SMILES string of the molecule is COc1ccc(NC(=O)c2ccc(N)cn2)cc1O. The van der Waals surface area contributed by atoms with Crippen molar-refractivity contribution in [1.82, 2.24) is 4.98 Å². The van der Waals surface area contributed by atoms with Gasteiger partial charge in [0.2, 0.25) is 0 Å². The van der Waals surface area contributed by atoms with Crippen molar-refractivity contribution < 1.29 is 14.6 Å². The maximum absolute atomic E-state index is 11.9. The number of aromatic nitrogens is 1. The number of pyridine rings is 1. The van der Waals surface area contributed by atoms with E-state index in [1.807, 2.05) is 0 Å². The number of methoxy groups -OCH3 is 1. The van der Waals surface area contributed by atoms with Gasteiger partial charge in [-0.1, -0.05) is 0 Å². The van der Waals surface area contributed by atoms with Crippen LogP contribution in [0.2, 0.25) is 0 Å². The number of nitrogen functional groups attached to an aromatic ring is 1. The lowest BCUT2D eigenvalue weighted by molar-refractivity contribution is 0.102. The Morgan fingerprint density at radius 1 is 1.37 bits per heavy atom. The zero-order valence-corrected chi connectivity index (χ0v) is 10.3. The fraction of sp³-hybridized carbons (Fsp3) is 0.0769. The topological polar surface area (TPSA) is 97.5 Å². The molecule has 4 N–H and O–H groups in total. The quantitative estimate of drug-likeness (QED) is 0.778. The Morgan fingerprint density at radius 2 is 2.16 bits per heavy atom. The van der Waals surface area contributed by atoms with Gasteiger partial charge in [-0.25, -0.2) is 4.98 Å². The number of nitrogens with two attached hydrogens (primary N) is 1. The molecule has 0 fully saturated rings. The Hall–Kier alpha value is -2.76. The summed E-state index contributed by atoms with van der Waals surface area (Å²) in [7, 11) is 1.45. The fourth-order valence-electron chi connectivity index (χ4n) is 1.50. The van der Waals surface area contributed by atoms with E-state index < -0.39 is 0 Å². The summed E-state index contributed by atoms with van der Waals surface area (Å²) in [6.45, 7) is 0. The number of nitrogens with one attached hydrogen (secondary N) is 1. The van der Waals surface area contributed by atoms with E-state index in [-0.39, 0.29) is 17.4 Å². The first-order chi connectivity index (χ1) is 9.10. The lowest BCUT2D eigenvalue weighted by Gasteiger charge is -2.07. The summed E-state index contributed by atoms with van der Waals surface area (Å²) in [5.74, 6) is -0.0984. The van der Waals surface area contributed by atoms with Gasteiger partial charge < -0.3 is 20.9 Å². The van der Waals surface area contributed by atoms with Crippen molar-refractivity contribution in [3.8, 4) is 11.5 Å². The molecule has 2 rings (SSSR count). The Morgan fingerprint density at radius 3 is 2.74 bits per heavy atom. The molecule has 2 aromatic rings. The van der Waals surface area contributed by atoms with Gasteiger partial charge in [0.1, 0.15) is 5.69 Å². The molecule has 1 amide bonds. The second-order valence-electron chi connectivity index (χ2n) is 3.82. The van der Waals surface area contributed by atoms with Crippen LogP contribution in [0.5, 0.6) is 11.5 Å². The lowest BCUT2D eigenvalue weighted by atomic mass is 10.2.